The molecule has 2 heterocycles. The third-order valence-electron chi connectivity index (χ3n) is 8.87. The number of benzene rings is 4. The molecule has 0 aliphatic rings. The SMILES string of the molecule is Cc1cc(C)c(-c2cc[c-]c(-c3cccc(C(C)(C)c4cccc(-c5[c-]ccc(-c6c(C)cc(C)cc6C)c5)n4)n3)c2)c(C)c1.[Pt+2]. The molecule has 0 aliphatic carbocycles. The third-order valence-corrected chi connectivity index (χ3v) is 8.87. The zero-order valence-electron chi connectivity index (χ0n) is 27.9. The van der Waals surface area contributed by atoms with Crippen LogP contribution in [-0.2, 0) is 26.5 Å². The molecule has 232 valence electrons. The first-order chi connectivity index (χ1) is 21.5. The largest absolute Gasteiger partial charge is 2.00 e. The monoisotopic (exact) mass is 779 g/mol. The van der Waals surface area contributed by atoms with Crippen molar-refractivity contribution < 1.29 is 21.1 Å². The summed E-state index contributed by atoms with van der Waals surface area (Å²) in [6, 6.07) is 41.2. The van der Waals surface area contributed by atoms with E-state index in [4.69, 9.17) is 9.97 Å². The van der Waals surface area contributed by atoms with E-state index in [0.29, 0.717) is 0 Å². The van der Waals surface area contributed by atoms with Crippen molar-refractivity contribution in [2.75, 3.05) is 0 Å². The van der Waals surface area contributed by atoms with Crippen LogP contribution >= 0.6 is 0 Å². The summed E-state index contributed by atoms with van der Waals surface area (Å²) in [6.07, 6.45) is 0. The van der Waals surface area contributed by atoms with Gasteiger partial charge in [-0.2, -0.15) is 0 Å². The van der Waals surface area contributed by atoms with Gasteiger partial charge in [-0.25, -0.2) is 0 Å². The second-order valence-electron chi connectivity index (χ2n) is 13.0. The normalized spacial score (nSPS) is 11.3. The van der Waals surface area contributed by atoms with E-state index < -0.39 is 5.41 Å². The van der Waals surface area contributed by atoms with Crippen molar-refractivity contribution >= 4 is 0 Å². The number of rotatable bonds is 6. The van der Waals surface area contributed by atoms with E-state index in [1.54, 1.807) is 0 Å². The molecule has 0 unspecified atom stereocenters. The van der Waals surface area contributed by atoms with Gasteiger partial charge >= 0.3 is 21.1 Å². The molecule has 2 nitrogen and oxygen atoms in total. The quantitative estimate of drug-likeness (QED) is 0.157. The Balaban J connectivity index is 0.00000417. The molecule has 6 rings (SSSR count). The molecule has 6 aromatic rings. The summed E-state index contributed by atoms with van der Waals surface area (Å²) >= 11 is 0. The maximum atomic E-state index is 5.19. The van der Waals surface area contributed by atoms with Crippen LogP contribution in [0.25, 0.3) is 44.8 Å². The minimum Gasteiger partial charge on any atom is -0.300 e. The Morgan fingerprint density at radius 3 is 1.24 bits per heavy atom. The zero-order valence-corrected chi connectivity index (χ0v) is 30.2. The summed E-state index contributed by atoms with van der Waals surface area (Å²) in [5.74, 6) is 0. The second-order valence-corrected chi connectivity index (χ2v) is 13.0. The number of aryl methyl sites for hydroxylation is 6. The van der Waals surface area contributed by atoms with Crippen molar-refractivity contribution in [2.45, 2.75) is 60.8 Å². The molecule has 0 N–H and O–H groups in total. The van der Waals surface area contributed by atoms with E-state index in [1.165, 1.54) is 55.6 Å². The molecule has 0 spiro atoms. The fourth-order valence-corrected chi connectivity index (χ4v) is 6.81. The first-order valence-corrected chi connectivity index (χ1v) is 15.7. The summed E-state index contributed by atoms with van der Waals surface area (Å²) in [7, 11) is 0. The fourth-order valence-electron chi connectivity index (χ4n) is 6.81. The van der Waals surface area contributed by atoms with Gasteiger partial charge in [0.05, 0.1) is 0 Å². The maximum absolute atomic E-state index is 5.19. The van der Waals surface area contributed by atoms with E-state index in [2.05, 4.69) is 152 Å². The van der Waals surface area contributed by atoms with Crippen LogP contribution in [0.2, 0.25) is 0 Å². The average Bonchev–Trinajstić information content (AvgIpc) is 3.00. The molecule has 3 heteroatoms. The molecular weight excluding hydrogens is 740 g/mol. The van der Waals surface area contributed by atoms with Crippen LogP contribution in [0.1, 0.15) is 58.6 Å². The van der Waals surface area contributed by atoms with Gasteiger partial charge in [-0.1, -0.05) is 59.7 Å². The topological polar surface area (TPSA) is 25.8 Å². The second kappa shape index (κ2) is 13.3. The van der Waals surface area contributed by atoms with Crippen molar-refractivity contribution in [3.05, 3.63) is 154 Å². The average molecular weight is 780 g/mol. The van der Waals surface area contributed by atoms with Gasteiger partial charge in [-0.15, -0.1) is 70.8 Å². The number of hydrogen-bond acceptors (Lipinski definition) is 2. The van der Waals surface area contributed by atoms with Gasteiger partial charge in [0, 0.05) is 16.8 Å². The van der Waals surface area contributed by atoms with Gasteiger partial charge in [-0.05, 0) is 112 Å². The molecule has 0 aliphatic heterocycles. The van der Waals surface area contributed by atoms with E-state index in [1.807, 2.05) is 12.1 Å². The van der Waals surface area contributed by atoms with E-state index >= 15 is 0 Å². The van der Waals surface area contributed by atoms with E-state index in [-0.39, 0.29) is 21.1 Å². The number of pyridine rings is 2. The van der Waals surface area contributed by atoms with Crippen LogP contribution in [0.15, 0.2) is 97.1 Å². The summed E-state index contributed by atoms with van der Waals surface area (Å²) in [4.78, 5) is 10.4. The van der Waals surface area contributed by atoms with Crippen LogP contribution in [0.4, 0.5) is 0 Å². The minimum absolute atomic E-state index is 0. The fraction of sp³-hybridized carbons (Fsp3) is 0.209. The molecule has 46 heavy (non-hydrogen) atoms. The number of hydrogen-bond donors (Lipinski definition) is 0. The Morgan fingerprint density at radius 1 is 0.500 bits per heavy atom. The van der Waals surface area contributed by atoms with Crippen LogP contribution in [0.3, 0.4) is 0 Å². The van der Waals surface area contributed by atoms with Gasteiger partial charge < -0.3 is 9.97 Å². The van der Waals surface area contributed by atoms with Gasteiger partial charge in [0.2, 0.25) is 0 Å². The number of aromatic nitrogens is 2. The van der Waals surface area contributed by atoms with Crippen LogP contribution in [0.5, 0.6) is 0 Å². The molecule has 0 saturated heterocycles. The summed E-state index contributed by atoms with van der Waals surface area (Å²) in [5, 5.41) is 0. The van der Waals surface area contributed by atoms with Crippen molar-refractivity contribution in [1.82, 2.24) is 9.97 Å². The Hall–Kier alpha value is -4.13. The first-order valence-electron chi connectivity index (χ1n) is 15.7. The van der Waals surface area contributed by atoms with Crippen LogP contribution in [-0.4, -0.2) is 9.97 Å². The predicted octanol–water partition coefficient (Wildman–Crippen LogP) is 10.9. The summed E-state index contributed by atoms with van der Waals surface area (Å²) in [5.41, 5.74) is 17.9. The zero-order chi connectivity index (χ0) is 31.9. The summed E-state index contributed by atoms with van der Waals surface area (Å²) in [6.45, 7) is 17.4. The van der Waals surface area contributed by atoms with Gasteiger partial charge in [0.1, 0.15) is 0 Å². The van der Waals surface area contributed by atoms with E-state index in [0.717, 1.165) is 33.9 Å². The Morgan fingerprint density at radius 2 is 0.870 bits per heavy atom. The van der Waals surface area contributed by atoms with E-state index in [9.17, 15) is 0 Å². The molecule has 0 atom stereocenters. The van der Waals surface area contributed by atoms with Gasteiger partial charge in [0.25, 0.3) is 0 Å². The molecule has 0 fully saturated rings. The smallest absolute Gasteiger partial charge is 0.300 e. The third kappa shape index (κ3) is 6.55. The predicted molar refractivity (Wildman–Crippen MR) is 188 cm³/mol. The maximum Gasteiger partial charge on any atom is 2.00 e. The molecule has 0 bridgehead atoms. The molecular formula is C43H40N2Pt. The summed E-state index contributed by atoms with van der Waals surface area (Å²) < 4.78 is 0. The molecule has 0 radical (unpaired) electrons. The van der Waals surface area contributed by atoms with Crippen molar-refractivity contribution in [3.63, 3.8) is 0 Å². The molecule has 0 amide bonds. The van der Waals surface area contributed by atoms with Crippen molar-refractivity contribution in [2.24, 2.45) is 0 Å². The van der Waals surface area contributed by atoms with Crippen LogP contribution in [0, 0.1) is 53.7 Å². The first kappa shape index (κ1) is 33.2. The Labute approximate surface area is 289 Å². The standard InChI is InChI=1S/C43H40N2.Pt/c1-27-21-29(3)41(30(4)22-27)35-15-9-13-33(25-35)37-17-11-19-39(44-37)43(7,8)40-20-12-18-38(45-40)34-14-10-16-36(26-34)42-31(5)23-28(2)24-32(42)6;/h9-12,15-26H,1-8H3;/q-2;+2. The van der Waals surface area contributed by atoms with Gasteiger partial charge in [-0.3, -0.25) is 0 Å². The molecule has 0 saturated carbocycles. The molecule has 2 aromatic heterocycles. The molecule has 4 aromatic carbocycles. The van der Waals surface area contributed by atoms with Crippen molar-refractivity contribution in [1.29, 1.82) is 0 Å². The number of nitrogens with zero attached hydrogens (tertiary/aromatic N) is 2. The minimum atomic E-state index is -0.421. The van der Waals surface area contributed by atoms with Crippen LogP contribution < -0.4 is 0 Å². The Kier molecular flexibility index (Phi) is 9.62. The van der Waals surface area contributed by atoms with Crippen molar-refractivity contribution in [3.8, 4) is 44.8 Å². The Bertz CT molecular complexity index is 1860. The van der Waals surface area contributed by atoms with Gasteiger partial charge in [0.15, 0.2) is 0 Å².